The highest BCUT2D eigenvalue weighted by Gasteiger charge is 2.08. The second-order valence-corrected chi connectivity index (χ2v) is 6.08. The Morgan fingerprint density at radius 2 is 1.72 bits per heavy atom. The summed E-state index contributed by atoms with van der Waals surface area (Å²) < 4.78 is 5.15. The fourth-order valence-corrected chi connectivity index (χ4v) is 2.58. The van der Waals surface area contributed by atoms with Gasteiger partial charge in [0.25, 0.3) is 0 Å². The van der Waals surface area contributed by atoms with Gasteiger partial charge < -0.3 is 15.4 Å². The van der Waals surface area contributed by atoms with Crippen molar-refractivity contribution in [1.82, 2.24) is 9.97 Å². The minimum Gasteiger partial charge on any atom is -0.497 e. The van der Waals surface area contributed by atoms with Crippen molar-refractivity contribution >= 4 is 46.3 Å². The van der Waals surface area contributed by atoms with Gasteiger partial charge in [0.2, 0.25) is 5.95 Å². The number of nitrogens with one attached hydrogen (secondary N) is 2. The number of ether oxygens (including phenoxy) is 1. The Labute approximate surface area is 156 Å². The molecule has 3 aromatic rings. The van der Waals surface area contributed by atoms with Gasteiger partial charge in [-0.2, -0.15) is 4.98 Å². The fraction of sp³-hybridized carbons (Fsp3) is 0.111. The number of anilines is 4. The molecule has 0 radical (unpaired) electrons. The smallest absolute Gasteiger partial charge is 0.229 e. The van der Waals surface area contributed by atoms with E-state index in [0.717, 1.165) is 17.1 Å². The zero-order chi connectivity index (χ0) is 17.8. The standard InChI is InChI=1S/C18H16Cl2N4O/c1-11-10-16(23-15-5-3-4-14(19)17(15)20)24-18(21-11)22-12-6-8-13(25-2)9-7-12/h3-10H,1-2H3,(H2,21,22,23,24). The second-order valence-electron chi connectivity index (χ2n) is 5.30. The second kappa shape index (κ2) is 7.59. The van der Waals surface area contributed by atoms with Gasteiger partial charge in [0.15, 0.2) is 0 Å². The number of halogens is 2. The SMILES string of the molecule is COc1ccc(Nc2nc(C)cc(Nc3cccc(Cl)c3Cl)n2)cc1. The van der Waals surface area contributed by atoms with E-state index in [9.17, 15) is 0 Å². The molecule has 0 amide bonds. The predicted molar refractivity (Wildman–Crippen MR) is 103 cm³/mol. The number of nitrogens with zero attached hydrogens (tertiary/aromatic N) is 2. The number of rotatable bonds is 5. The molecule has 25 heavy (non-hydrogen) atoms. The van der Waals surface area contributed by atoms with Gasteiger partial charge in [-0.1, -0.05) is 29.3 Å². The van der Waals surface area contributed by atoms with Gasteiger partial charge >= 0.3 is 0 Å². The molecule has 0 saturated carbocycles. The molecule has 0 saturated heterocycles. The molecule has 5 nitrogen and oxygen atoms in total. The summed E-state index contributed by atoms with van der Waals surface area (Å²) in [6.07, 6.45) is 0. The number of hydrogen-bond acceptors (Lipinski definition) is 5. The van der Waals surface area contributed by atoms with Crippen LogP contribution in [0.2, 0.25) is 10.0 Å². The first-order valence-electron chi connectivity index (χ1n) is 7.53. The number of aryl methyl sites for hydroxylation is 1. The monoisotopic (exact) mass is 374 g/mol. The fourth-order valence-electron chi connectivity index (χ4n) is 2.23. The van der Waals surface area contributed by atoms with Gasteiger partial charge in [-0.25, -0.2) is 4.98 Å². The van der Waals surface area contributed by atoms with E-state index in [1.54, 1.807) is 13.2 Å². The van der Waals surface area contributed by atoms with E-state index in [1.807, 2.05) is 49.4 Å². The van der Waals surface area contributed by atoms with E-state index >= 15 is 0 Å². The Kier molecular flexibility index (Phi) is 5.26. The van der Waals surface area contributed by atoms with Crippen LogP contribution in [0.25, 0.3) is 0 Å². The molecule has 0 bridgehead atoms. The summed E-state index contributed by atoms with van der Waals surface area (Å²) in [6, 6.07) is 14.7. The molecule has 1 aromatic heterocycles. The topological polar surface area (TPSA) is 59.1 Å². The van der Waals surface area contributed by atoms with Crippen LogP contribution in [0, 0.1) is 6.92 Å². The van der Waals surface area contributed by atoms with Crippen molar-refractivity contribution < 1.29 is 4.74 Å². The van der Waals surface area contributed by atoms with Crippen molar-refractivity contribution in [2.45, 2.75) is 6.92 Å². The Balaban J connectivity index is 1.83. The van der Waals surface area contributed by atoms with Crippen LogP contribution < -0.4 is 15.4 Å². The van der Waals surface area contributed by atoms with E-state index in [2.05, 4.69) is 20.6 Å². The maximum atomic E-state index is 6.22. The Morgan fingerprint density at radius 3 is 2.44 bits per heavy atom. The largest absolute Gasteiger partial charge is 0.497 e. The zero-order valence-corrected chi connectivity index (χ0v) is 15.2. The lowest BCUT2D eigenvalue weighted by molar-refractivity contribution is 0.415. The quantitative estimate of drug-likeness (QED) is 0.609. The maximum absolute atomic E-state index is 6.22. The van der Waals surface area contributed by atoms with Gasteiger partial charge in [-0.3, -0.25) is 0 Å². The van der Waals surface area contributed by atoms with Crippen LogP contribution in [-0.4, -0.2) is 17.1 Å². The molecular formula is C18H16Cl2N4O. The van der Waals surface area contributed by atoms with Crippen LogP contribution in [0.5, 0.6) is 5.75 Å². The van der Waals surface area contributed by atoms with Crippen LogP contribution in [-0.2, 0) is 0 Å². The molecule has 1 heterocycles. The molecule has 0 aliphatic heterocycles. The van der Waals surface area contributed by atoms with Crippen molar-refractivity contribution in [3.05, 3.63) is 64.3 Å². The highest BCUT2D eigenvalue weighted by atomic mass is 35.5. The van der Waals surface area contributed by atoms with Gasteiger partial charge in [-0.15, -0.1) is 0 Å². The third-order valence-corrected chi connectivity index (χ3v) is 4.23. The third-order valence-electron chi connectivity index (χ3n) is 3.41. The number of hydrogen-bond donors (Lipinski definition) is 2. The van der Waals surface area contributed by atoms with Crippen LogP contribution in [0.4, 0.5) is 23.1 Å². The van der Waals surface area contributed by atoms with Gasteiger partial charge in [0.1, 0.15) is 11.6 Å². The summed E-state index contributed by atoms with van der Waals surface area (Å²) >= 11 is 12.3. The average molecular weight is 375 g/mol. The summed E-state index contributed by atoms with van der Waals surface area (Å²) in [5.74, 6) is 1.88. The van der Waals surface area contributed by atoms with E-state index in [4.69, 9.17) is 27.9 Å². The van der Waals surface area contributed by atoms with E-state index in [1.165, 1.54) is 0 Å². The zero-order valence-electron chi connectivity index (χ0n) is 13.7. The summed E-state index contributed by atoms with van der Waals surface area (Å²) in [6.45, 7) is 1.89. The number of benzene rings is 2. The molecule has 0 unspecified atom stereocenters. The molecule has 7 heteroatoms. The molecule has 0 atom stereocenters. The molecule has 0 fully saturated rings. The Hall–Kier alpha value is -2.50. The Morgan fingerprint density at radius 1 is 0.960 bits per heavy atom. The van der Waals surface area contributed by atoms with Gasteiger partial charge in [0, 0.05) is 17.4 Å². The summed E-state index contributed by atoms with van der Waals surface area (Å²) in [4.78, 5) is 8.87. The molecule has 2 aromatic carbocycles. The van der Waals surface area contributed by atoms with Crippen molar-refractivity contribution in [3.63, 3.8) is 0 Å². The first-order valence-corrected chi connectivity index (χ1v) is 8.28. The molecule has 0 aliphatic rings. The van der Waals surface area contributed by atoms with E-state index in [-0.39, 0.29) is 0 Å². The number of aromatic nitrogens is 2. The predicted octanol–water partition coefficient (Wildman–Crippen LogP) is 5.59. The maximum Gasteiger partial charge on any atom is 0.229 e. The minimum atomic E-state index is 0.449. The lowest BCUT2D eigenvalue weighted by Gasteiger charge is -2.11. The Bertz CT molecular complexity index is 885. The van der Waals surface area contributed by atoms with Crippen LogP contribution in [0.3, 0.4) is 0 Å². The normalized spacial score (nSPS) is 10.4. The third kappa shape index (κ3) is 4.32. The molecule has 128 valence electrons. The minimum absolute atomic E-state index is 0.449. The summed E-state index contributed by atoms with van der Waals surface area (Å²) in [7, 11) is 1.63. The van der Waals surface area contributed by atoms with Crippen LogP contribution in [0.15, 0.2) is 48.5 Å². The highest BCUT2D eigenvalue weighted by molar-refractivity contribution is 6.43. The molecular weight excluding hydrogens is 359 g/mol. The van der Waals surface area contributed by atoms with E-state index < -0.39 is 0 Å². The lowest BCUT2D eigenvalue weighted by Crippen LogP contribution is -2.02. The molecule has 0 spiro atoms. The molecule has 0 aliphatic carbocycles. The van der Waals surface area contributed by atoms with Gasteiger partial charge in [0.05, 0.1) is 22.8 Å². The van der Waals surface area contributed by atoms with Crippen molar-refractivity contribution in [2.75, 3.05) is 17.7 Å². The van der Waals surface area contributed by atoms with Crippen LogP contribution >= 0.6 is 23.2 Å². The molecule has 3 rings (SSSR count). The van der Waals surface area contributed by atoms with E-state index in [0.29, 0.717) is 27.5 Å². The van der Waals surface area contributed by atoms with Crippen LogP contribution in [0.1, 0.15) is 5.69 Å². The van der Waals surface area contributed by atoms with Crippen molar-refractivity contribution in [1.29, 1.82) is 0 Å². The first kappa shape index (κ1) is 17.3. The van der Waals surface area contributed by atoms with Crippen molar-refractivity contribution in [3.8, 4) is 5.75 Å². The average Bonchev–Trinajstić information content (AvgIpc) is 2.59. The summed E-state index contributed by atoms with van der Waals surface area (Å²) in [5, 5.41) is 7.27. The van der Waals surface area contributed by atoms with Crippen molar-refractivity contribution in [2.24, 2.45) is 0 Å². The first-order chi connectivity index (χ1) is 12.0. The summed E-state index contributed by atoms with van der Waals surface area (Å²) in [5.41, 5.74) is 2.35. The van der Waals surface area contributed by atoms with Gasteiger partial charge in [-0.05, 0) is 43.3 Å². The number of methoxy groups -OCH3 is 1. The lowest BCUT2D eigenvalue weighted by atomic mass is 10.3. The highest BCUT2D eigenvalue weighted by Crippen LogP contribution is 2.31. The molecule has 2 N–H and O–H groups in total.